The smallest absolute Gasteiger partial charge is 0.281 e. The van der Waals surface area contributed by atoms with Crippen LogP contribution < -0.4 is 5.56 Å². The van der Waals surface area contributed by atoms with Gasteiger partial charge in [-0.2, -0.15) is 0 Å². The topological polar surface area (TPSA) is 73.6 Å². The van der Waals surface area contributed by atoms with E-state index in [2.05, 4.69) is 26.9 Å². The zero-order valence-corrected chi connectivity index (χ0v) is 12.7. The van der Waals surface area contributed by atoms with Gasteiger partial charge in [0.05, 0.1) is 10.7 Å². The predicted molar refractivity (Wildman–Crippen MR) is 81.5 cm³/mol. The molecular formula is C14H15N5OS. The van der Waals surface area contributed by atoms with Crippen molar-refractivity contribution in [3.05, 3.63) is 44.7 Å². The molecule has 0 aliphatic heterocycles. The second-order valence-electron chi connectivity index (χ2n) is 4.82. The van der Waals surface area contributed by atoms with Crippen LogP contribution in [0, 0.1) is 13.8 Å². The SMILES string of the molecule is Cc1nc(CCCn2cnc3nccnc3c2=O)sc1C. The maximum Gasteiger partial charge on any atom is 0.281 e. The minimum Gasteiger partial charge on any atom is -0.297 e. The molecule has 0 atom stereocenters. The first-order chi connectivity index (χ1) is 10.1. The Bertz CT molecular complexity index is 819. The van der Waals surface area contributed by atoms with Gasteiger partial charge in [0.25, 0.3) is 5.56 Å². The van der Waals surface area contributed by atoms with E-state index < -0.39 is 0 Å². The molecule has 0 bridgehead atoms. The lowest BCUT2D eigenvalue weighted by atomic mass is 10.3. The molecule has 3 heterocycles. The van der Waals surface area contributed by atoms with Gasteiger partial charge in [0, 0.05) is 30.2 Å². The van der Waals surface area contributed by atoms with Crippen LogP contribution >= 0.6 is 11.3 Å². The lowest BCUT2D eigenvalue weighted by Gasteiger charge is -2.04. The molecule has 0 radical (unpaired) electrons. The Labute approximate surface area is 125 Å². The van der Waals surface area contributed by atoms with E-state index >= 15 is 0 Å². The Hall–Kier alpha value is -2.15. The summed E-state index contributed by atoms with van der Waals surface area (Å²) in [6.45, 7) is 4.70. The van der Waals surface area contributed by atoms with Crippen LogP contribution in [0.15, 0.2) is 23.5 Å². The van der Waals surface area contributed by atoms with Gasteiger partial charge in [0.15, 0.2) is 11.2 Å². The number of fused-ring (bicyclic) bond motifs is 1. The van der Waals surface area contributed by atoms with Crippen molar-refractivity contribution in [1.29, 1.82) is 0 Å². The molecule has 7 heteroatoms. The van der Waals surface area contributed by atoms with E-state index in [0.29, 0.717) is 17.7 Å². The maximum atomic E-state index is 12.2. The Morgan fingerprint density at radius 2 is 2.00 bits per heavy atom. The Morgan fingerprint density at radius 1 is 1.19 bits per heavy atom. The summed E-state index contributed by atoms with van der Waals surface area (Å²) in [5.74, 6) is 0. The van der Waals surface area contributed by atoms with E-state index in [-0.39, 0.29) is 5.56 Å². The average Bonchev–Trinajstić information content (AvgIpc) is 2.80. The van der Waals surface area contributed by atoms with Crippen LogP contribution in [0.3, 0.4) is 0 Å². The molecule has 0 spiro atoms. The van der Waals surface area contributed by atoms with Gasteiger partial charge in [-0.3, -0.25) is 9.36 Å². The van der Waals surface area contributed by atoms with Gasteiger partial charge in [-0.25, -0.2) is 19.9 Å². The summed E-state index contributed by atoms with van der Waals surface area (Å²) in [7, 11) is 0. The van der Waals surface area contributed by atoms with Gasteiger partial charge in [-0.05, 0) is 20.3 Å². The highest BCUT2D eigenvalue weighted by atomic mass is 32.1. The van der Waals surface area contributed by atoms with Crippen molar-refractivity contribution < 1.29 is 0 Å². The molecule has 3 aromatic heterocycles. The summed E-state index contributed by atoms with van der Waals surface area (Å²) < 4.78 is 1.59. The molecule has 3 aromatic rings. The minimum absolute atomic E-state index is 0.139. The molecule has 0 fully saturated rings. The molecule has 0 aromatic carbocycles. The van der Waals surface area contributed by atoms with Gasteiger partial charge in [0.1, 0.15) is 6.33 Å². The monoisotopic (exact) mass is 301 g/mol. The third-order valence-corrected chi connectivity index (χ3v) is 4.46. The highest BCUT2D eigenvalue weighted by molar-refractivity contribution is 7.11. The lowest BCUT2D eigenvalue weighted by Crippen LogP contribution is -2.22. The summed E-state index contributed by atoms with van der Waals surface area (Å²) in [5, 5.41) is 1.12. The maximum absolute atomic E-state index is 12.2. The van der Waals surface area contributed by atoms with Crippen LogP contribution in [-0.4, -0.2) is 24.5 Å². The fraction of sp³-hybridized carbons (Fsp3) is 0.357. The zero-order valence-electron chi connectivity index (χ0n) is 11.9. The van der Waals surface area contributed by atoms with Crippen molar-refractivity contribution in [2.24, 2.45) is 0 Å². The first-order valence-electron chi connectivity index (χ1n) is 6.74. The average molecular weight is 301 g/mol. The summed E-state index contributed by atoms with van der Waals surface area (Å²) >= 11 is 1.72. The van der Waals surface area contributed by atoms with E-state index in [1.807, 2.05) is 6.92 Å². The normalized spacial score (nSPS) is 11.1. The number of thiazole rings is 1. The molecule has 0 aliphatic rings. The van der Waals surface area contributed by atoms with E-state index in [4.69, 9.17) is 0 Å². The largest absolute Gasteiger partial charge is 0.297 e. The number of hydrogen-bond donors (Lipinski definition) is 0. The molecular weight excluding hydrogens is 286 g/mol. The first-order valence-corrected chi connectivity index (χ1v) is 7.56. The van der Waals surface area contributed by atoms with Crippen molar-refractivity contribution in [1.82, 2.24) is 24.5 Å². The number of aryl methyl sites for hydroxylation is 4. The highest BCUT2D eigenvalue weighted by Gasteiger charge is 2.07. The van der Waals surface area contributed by atoms with Crippen LogP contribution in [0.4, 0.5) is 0 Å². The number of rotatable bonds is 4. The number of hydrogen-bond acceptors (Lipinski definition) is 6. The van der Waals surface area contributed by atoms with Crippen molar-refractivity contribution in [2.45, 2.75) is 33.2 Å². The standard InChI is InChI=1S/C14H15N5OS/c1-9-10(2)21-11(18-9)4-3-7-19-8-17-13-12(14(19)20)15-5-6-16-13/h5-6,8H,3-4,7H2,1-2H3. The Balaban J connectivity index is 1.73. The van der Waals surface area contributed by atoms with Crippen LogP contribution in [0.5, 0.6) is 0 Å². The first kappa shape index (κ1) is 13.8. The lowest BCUT2D eigenvalue weighted by molar-refractivity contribution is 0.614. The van der Waals surface area contributed by atoms with E-state index in [9.17, 15) is 4.79 Å². The molecule has 6 nitrogen and oxygen atoms in total. The van der Waals surface area contributed by atoms with Crippen LogP contribution in [0.1, 0.15) is 22.0 Å². The van der Waals surface area contributed by atoms with E-state index in [0.717, 1.165) is 23.5 Å². The molecule has 0 aliphatic carbocycles. The molecule has 0 saturated heterocycles. The molecule has 108 valence electrons. The van der Waals surface area contributed by atoms with Crippen LogP contribution in [0.25, 0.3) is 11.2 Å². The summed E-state index contributed by atoms with van der Waals surface area (Å²) in [4.78, 5) is 30.2. The number of aromatic nitrogens is 5. The van der Waals surface area contributed by atoms with Crippen LogP contribution in [0.2, 0.25) is 0 Å². The predicted octanol–water partition coefficient (Wildman–Crippen LogP) is 1.89. The Kier molecular flexibility index (Phi) is 3.74. The van der Waals surface area contributed by atoms with Gasteiger partial charge < -0.3 is 0 Å². The molecule has 0 amide bonds. The number of nitrogens with zero attached hydrogens (tertiary/aromatic N) is 5. The molecule has 3 rings (SSSR count). The van der Waals surface area contributed by atoms with Crippen molar-refractivity contribution >= 4 is 22.5 Å². The fourth-order valence-corrected chi connectivity index (χ4v) is 3.07. The summed E-state index contributed by atoms with van der Waals surface area (Å²) in [6, 6.07) is 0. The second kappa shape index (κ2) is 5.69. The van der Waals surface area contributed by atoms with Crippen molar-refractivity contribution in [2.75, 3.05) is 0 Å². The highest BCUT2D eigenvalue weighted by Crippen LogP contribution is 2.17. The molecule has 0 N–H and O–H groups in total. The van der Waals surface area contributed by atoms with Crippen molar-refractivity contribution in [3.63, 3.8) is 0 Å². The quantitative estimate of drug-likeness (QED) is 0.735. The second-order valence-corrected chi connectivity index (χ2v) is 6.11. The molecule has 0 unspecified atom stereocenters. The molecule has 21 heavy (non-hydrogen) atoms. The van der Waals surface area contributed by atoms with E-state index in [1.165, 1.54) is 23.6 Å². The zero-order chi connectivity index (χ0) is 14.8. The van der Waals surface area contributed by atoms with Crippen LogP contribution in [-0.2, 0) is 13.0 Å². The van der Waals surface area contributed by atoms with Crippen molar-refractivity contribution in [3.8, 4) is 0 Å². The van der Waals surface area contributed by atoms with Gasteiger partial charge in [-0.1, -0.05) is 0 Å². The third-order valence-electron chi connectivity index (χ3n) is 3.32. The summed E-state index contributed by atoms with van der Waals surface area (Å²) in [6.07, 6.45) is 6.30. The fourth-order valence-electron chi connectivity index (χ4n) is 2.09. The van der Waals surface area contributed by atoms with E-state index in [1.54, 1.807) is 15.9 Å². The minimum atomic E-state index is -0.139. The third kappa shape index (κ3) is 2.82. The van der Waals surface area contributed by atoms with Gasteiger partial charge >= 0.3 is 0 Å². The summed E-state index contributed by atoms with van der Waals surface area (Å²) in [5.41, 5.74) is 1.67. The molecule has 0 saturated carbocycles. The van der Waals surface area contributed by atoms with Gasteiger partial charge in [-0.15, -0.1) is 11.3 Å². The Morgan fingerprint density at radius 3 is 2.76 bits per heavy atom. The van der Waals surface area contributed by atoms with Gasteiger partial charge in [0.2, 0.25) is 0 Å².